The van der Waals surface area contributed by atoms with E-state index in [2.05, 4.69) is 0 Å². The molecule has 0 aromatic carbocycles. The quantitative estimate of drug-likeness (QED) is 0.436. The van der Waals surface area contributed by atoms with Crippen molar-refractivity contribution in [3.05, 3.63) is 11.7 Å². The van der Waals surface area contributed by atoms with Crippen LogP contribution in [0.25, 0.3) is 0 Å². The molecular weight excluding hydrogens is 266 g/mol. The molecule has 0 N–H and O–H groups in total. The van der Waals surface area contributed by atoms with E-state index in [0.717, 1.165) is 0 Å². The number of nitrogens with zero attached hydrogens (tertiary/aromatic N) is 2. The van der Waals surface area contributed by atoms with Crippen LogP contribution in [0.2, 0.25) is 0 Å². The van der Waals surface area contributed by atoms with Gasteiger partial charge in [-0.2, -0.15) is 17.6 Å². The molecule has 96 valence electrons. The summed E-state index contributed by atoms with van der Waals surface area (Å²) in [7, 11) is 0. The van der Waals surface area contributed by atoms with Crippen molar-refractivity contribution in [3.8, 4) is 0 Å². The zero-order valence-corrected chi connectivity index (χ0v) is 6.67. The van der Waals surface area contributed by atoms with Crippen LogP contribution in [0.15, 0.2) is 11.7 Å². The highest BCUT2D eigenvalue weighted by Gasteiger charge is 2.55. The maximum absolute atomic E-state index is 12.1. The van der Waals surface area contributed by atoms with E-state index < -0.39 is 34.4 Å². The van der Waals surface area contributed by atoms with Gasteiger partial charge in [-0.1, -0.05) is 17.9 Å². The second kappa shape index (κ2) is 4.45. The number of rotatable bonds is 4. The number of halogens is 10. The molecule has 0 aliphatic rings. The minimum atomic E-state index is -6.08. The second-order valence-electron chi connectivity index (χ2n) is 2.18. The molecule has 0 aromatic rings. The van der Waals surface area contributed by atoms with Gasteiger partial charge in [-0.15, -0.1) is 0 Å². The lowest BCUT2D eigenvalue weighted by Gasteiger charge is -2.18. The fraction of sp³-hybridized carbons (Fsp3) is 0.500. The fourth-order valence-corrected chi connectivity index (χ4v) is 0.412. The minimum absolute atomic E-state index is 3.25. The largest absolute Gasteiger partial charge is 0.412 e. The standard InChI is InChI=1S/C4F10N2/c5-1(3(7,8)15(11)12)2(6)4(9,10)16(13)14. The SMILES string of the molecule is FC(=C(F)C(F)(F)N(F)F)C(F)(F)N(F)F. The van der Waals surface area contributed by atoms with Crippen molar-refractivity contribution in [3.63, 3.8) is 0 Å². The first-order chi connectivity index (χ1) is 6.95. The Morgan fingerprint density at radius 2 is 0.812 bits per heavy atom. The van der Waals surface area contributed by atoms with Crippen molar-refractivity contribution in [2.45, 2.75) is 12.1 Å². The molecule has 16 heavy (non-hydrogen) atoms. The number of hydrogen-bond donors (Lipinski definition) is 0. The third-order valence-corrected chi connectivity index (χ3v) is 1.15. The monoisotopic (exact) mass is 266 g/mol. The summed E-state index contributed by atoms with van der Waals surface area (Å²) in [5.41, 5.74) is 0. The highest BCUT2D eigenvalue weighted by Crippen LogP contribution is 2.40. The Hall–Kier alpha value is -1.04. The molecule has 0 amide bonds. The van der Waals surface area contributed by atoms with E-state index in [-0.39, 0.29) is 0 Å². The third-order valence-electron chi connectivity index (χ3n) is 1.15. The van der Waals surface area contributed by atoms with E-state index in [1.165, 1.54) is 0 Å². The van der Waals surface area contributed by atoms with E-state index in [9.17, 15) is 44.3 Å². The van der Waals surface area contributed by atoms with Gasteiger partial charge in [0, 0.05) is 0 Å². The summed E-state index contributed by atoms with van der Waals surface area (Å²) in [4.78, 5) is 0. The molecule has 0 aliphatic heterocycles. The van der Waals surface area contributed by atoms with E-state index in [0.29, 0.717) is 0 Å². The van der Waals surface area contributed by atoms with Crippen molar-refractivity contribution >= 4 is 0 Å². The fourth-order valence-electron chi connectivity index (χ4n) is 0.412. The summed E-state index contributed by atoms with van der Waals surface area (Å²) in [6.45, 7) is 0. The van der Waals surface area contributed by atoms with Gasteiger partial charge in [0.2, 0.25) is 11.7 Å². The van der Waals surface area contributed by atoms with Crippen molar-refractivity contribution in [1.82, 2.24) is 10.7 Å². The first kappa shape index (κ1) is 15.0. The number of alkyl halides is 4. The summed E-state index contributed by atoms with van der Waals surface area (Å²) < 4.78 is 117. The van der Waals surface area contributed by atoms with Crippen LogP contribution >= 0.6 is 0 Å². The highest BCUT2D eigenvalue weighted by molar-refractivity contribution is 5.13. The van der Waals surface area contributed by atoms with Crippen molar-refractivity contribution in [1.29, 1.82) is 0 Å². The highest BCUT2D eigenvalue weighted by atomic mass is 19.4. The molecule has 0 saturated carbocycles. The molecule has 0 atom stereocenters. The Kier molecular flexibility index (Phi) is 4.16. The maximum Gasteiger partial charge on any atom is 0.412 e. The van der Waals surface area contributed by atoms with Crippen LogP contribution in [0, 0.1) is 0 Å². The first-order valence-electron chi connectivity index (χ1n) is 3.01. The summed E-state index contributed by atoms with van der Waals surface area (Å²) in [6.07, 6.45) is 0. The van der Waals surface area contributed by atoms with Crippen LogP contribution in [0.1, 0.15) is 0 Å². The van der Waals surface area contributed by atoms with Crippen molar-refractivity contribution in [2.75, 3.05) is 0 Å². The summed E-state index contributed by atoms with van der Waals surface area (Å²) in [5.74, 6) is -8.05. The topological polar surface area (TPSA) is 6.48 Å². The van der Waals surface area contributed by atoms with Crippen molar-refractivity contribution < 1.29 is 44.3 Å². The van der Waals surface area contributed by atoms with Crippen LogP contribution < -0.4 is 0 Å². The van der Waals surface area contributed by atoms with Crippen LogP contribution in [0.5, 0.6) is 0 Å². The van der Waals surface area contributed by atoms with E-state index in [4.69, 9.17) is 0 Å². The zero-order chi connectivity index (χ0) is 13.3. The van der Waals surface area contributed by atoms with E-state index >= 15 is 0 Å². The molecule has 0 spiro atoms. The van der Waals surface area contributed by atoms with Crippen molar-refractivity contribution in [2.24, 2.45) is 0 Å². The summed E-state index contributed by atoms with van der Waals surface area (Å²) >= 11 is 0. The van der Waals surface area contributed by atoms with Gasteiger partial charge in [0.05, 0.1) is 10.7 Å². The predicted molar refractivity (Wildman–Crippen MR) is 27.2 cm³/mol. The van der Waals surface area contributed by atoms with Crippen LogP contribution in [0.3, 0.4) is 0 Å². The molecule has 0 heterocycles. The van der Waals surface area contributed by atoms with Gasteiger partial charge >= 0.3 is 12.1 Å². The van der Waals surface area contributed by atoms with Gasteiger partial charge in [-0.25, -0.2) is 8.78 Å². The Morgan fingerprint density at radius 1 is 0.625 bits per heavy atom. The molecule has 2 nitrogen and oxygen atoms in total. The van der Waals surface area contributed by atoms with Crippen LogP contribution in [-0.4, -0.2) is 22.8 Å². The Morgan fingerprint density at radius 3 is 0.938 bits per heavy atom. The lowest BCUT2D eigenvalue weighted by Crippen LogP contribution is -2.36. The molecule has 0 saturated heterocycles. The third kappa shape index (κ3) is 2.55. The molecule has 12 heteroatoms. The molecule has 0 radical (unpaired) electrons. The zero-order valence-electron chi connectivity index (χ0n) is 6.67. The predicted octanol–water partition coefficient (Wildman–Crippen LogP) is 3.46. The Balaban J connectivity index is 5.43. The average molecular weight is 266 g/mol. The van der Waals surface area contributed by atoms with Gasteiger partial charge in [-0.05, 0) is 0 Å². The van der Waals surface area contributed by atoms with Gasteiger partial charge in [0.15, 0.2) is 0 Å². The Labute approximate surface area is 80.1 Å². The molecular formula is C4F10N2. The summed E-state index contributed by atoms with van der Waals surface area (Å²) in [6, 6.07) is -12.2. The molecule has 0 bridgehead atoms. The molecule has 0 rings (SSSR count). The van der Waals surface area contributed by atoms with Gasteiger partial charge in [0.25, 0.3) is 0 Å². The van der Waals surface area contributed by atoms with Gasteiger partial charge < -0.3 is 0 Å². The maximum atomic E-state index is 12.1. The molecule has 0 aromatic heterocycles. The Bertz CT molecular complexity index is 255. The van der Waals surface area contributed by atoms with Gasteiger partial charge in [-0.3, -0.25) is 0 Å². The molecule has 0 fully saturated rings. The lowest BCUT2D eigenvalue weighted by atomic mass is 10.3. The van der Waals surface area contributed by atoms with E-state index in [1.54, 1.807) is 0 Å². The molecule has 0 unspecified atom stereocenters. The van der Waals surface area contributed by atoms with Gasteiger partial charge in [0.1, 0.15) is 0 Å². The first-order valence-corrected chi connectivity index (χ1v) is 3.01. The number of hydrogen-bond acceptors (Lipinski definition) is 2. The normalized spacial score (nSPS) is 15.8. The minimum Gasteiger partial charge on any atom is -0.200 e. The lowest BCUT2D eigenvalue weighted by molar-refractivity contribution is -0.333. The second-order valence-corrected chi connectivity index (χ2v) is 2.18. The smallest absolute Gasteiger partial charge is 0.200 e. The molecule has 0 aliphatic carbocycles. The average Bonchev–Trinajstić information content (AvgIpc) is 2.14. The van der Waals surface area contributed by atoms with Crippen LogP contribution in [0.4, 0.5) is 44.3 Å². The van der Waals surface area contributed by atoms with E-state index in [1.807, 2.05) is 0 Å². The van der Waals surface area contributed by atoms with Crippen LogP contribution in [-0.2, 0) is 0 Å². The summed E-state index contributed by atoms with van der Waals surface area (Å²) in [5, 5.41) is -6.50.